The van der Waals surface area contributed by atoms with Crippen molar-refractivity contribution < 1.29 is 19.1 Å². The van der Waals surface area contributed by atoms with E-state index < -0.39 is 12.3 Å². The third kappa shape index (κ3) is 5.02. The van der Waals surface area contributed by atoms with E-state index in [1.807, 2.05) is 30.7 Å². The number of hydrogen-bond acceptors (Lipinski definition) is 10. The number of nitrogens with zero attached hydrogens (tertiary/aromatic N) is 5. The minimum atomic E-state index is -0.823. The third-order valence-corrected chi connectivity index (χ3v) is 9.28. The van der Waals surface area contributed by atoms with Crippen molar-refractivity contribution in [2.75, 3.05) is 19.5 Å². The van der Waals surface area contributed by atoms with Gasteiger partial charge in [-0.1, -0.05) is 47.6 Å². The average Bonchev–Trinajstić information content (AvgIpc) is 3.59. The number of aromatic nitrogens is 4. The van der Waals surface area contributed by atoms with Crippen LogP contribution in [0.15, 0.2) is 70.1 Å². The zero-order chi connectivity index (χ0) is 30.5. The number of hydrogen-bond donors (Lipinski definition) is 0. The summed E-state index contributed by atoms with van der Waals surface area (Å²) in [4.78, 5) is 54.7. The molecule has 0 radical (unpaired) electrons. The van der Waals surface area contributed by atoms with Gasteiger partial charge in [0.2, 0.25) is 0 Å². The van der Waals surface area contributed by atoms with Gasteiger partial charge in [-0.3, -0.25) is 23.9 Å². The normalized spacial score (nSPS) is 18.3. The molecule has 2 aromatic carbocycles. The molecule has 5 aromatic rings. The molecule has 2 aliphatic rings. The van der Waals surface area contributed by atoms with Gasteiger partial charge in [0.15, 0.2) is 11.4 Å². The van der Waals surface area contributed by atoms with Gasteiger partial charge in [0.25, 0.3) is 17.4 Å². The van der Waals surface area contributed by atoms with Crippen LogP contribution in [-0.4, -0.2) is 68.0 Å². The lowest BCUT2D eigenvalue weighted by atomic mass is 10.0. The molecule has 7 rings (SSSR count). The Morgan fingerprint density at radius 2 is 1.70 bits per heavy atom. The van der Waals surface area contributed by atoms with Gasteiger partial charge in [-0.25, -0.2) is 15.0 Å². The number of ether oxygens (including phenoxy) is 2. The van der Waals surface area contributed by atoms with E-state index in [0.29, 0.717) is 43.5 Å². The molecule has 13 heteroatoms. The Kier molecular flexibility index (Phi) is 7.55. The number of carbonyl (C=O) groups is 2. The van der Waals surface area contributed by atoms with Crippen LogP contribution in [0.4, 0.5) is 0 Å². The minimum absolute atomic E-state index is 0.0245. The topological polar surface area (TPSA) is 117 Å². The number of imide groups is 1. The minimum Gasteiger partial charge on any atom is -0.348 e. The first-order chi connectivity index (χ1) is 21.3. The quantitative estimate of drug-likeness (QED) is 0.138. The molecule has 222 valence electrons. The van der Waals surface area contributed by atoms with E-state index in [4.69, 9.17) is 21.1 Å². The van der Waals surface area contributed by atoms with Crippen LogP contribution < -0.4 is 5.56 Å². The Morgan fingerprint density at radius 3 is 2.34 bits per heavy atom. The van der Waals surface area contributed by atoms with Crippen LogP contribution in [0.2, 0.25) is 5.02 Å². The lowest BCUT2D eigenvalue weighted by Gasteiger charge is -2.34. The number of benzene rings is 2. The highest BCUT2D eigenvalue weighted by Crippen LogP contribution is 2.33. The van der Waals surface area contributed by atoms with Crippen LogP contribution in [0.1, 0.15) is 25.7 Å². The van der Waals surface area contributed by atoms with Crippen molar-refractivity contribution in [1.29, 1.82) is 0 Å². The van der Waals surface area contributed by atoms with Crippen molar-refractivity contribution in [1.82, 2.24) is 24.4 Å². The molecule has 1 saturated heterocycles. The molecule has 0 N–H and O–H groups in total. The Hall–Kier alpha value is -3.94. The first-order valence-corrected chi connectivity index (χ1v) is 16.2. The first-order valence-electron chi connectivity index (χ1n) is 13.7. The van der Waals surface area contributed by atoms with Gasteiger partial charge in [-0.2, -0.15) is 0 Å². The molecular weight excluding hydrogens is 622 g/mol. The van der Waals surface area contributed by atoms with Crippen molar-refractivity contribution in [2.24, 2.45) is 0 Å². The zero-order valence-electron chi connectivity index (χ0n) is 23.5. The summed E-state index contributed by atoms with van der Waals surface area (Å²) in [5.41, 5.74) is 3.46. The fourth-order valence-corrected chi connectivity index (χ4v) is 6.71. The van der Waals surface area contributed by atoms with Crippen molar-refractivity contribution >= 4 is 57.5 Å². The second-order valence-electron chi connectivity index (χ2n) is 10.3. The van der Waals surface area contributed by atoms with E-state index in [-0.39, 0.29) is 37.1 Å². The van der Waals surface area contributed by atoms with Crippen molar-refractivity contribution in [3.8, 4) is 22.4 Å². The lowest BCUT2D eigenvalue weighted by molar-refractivity contribution is -0.202. The number of pyridine rings is 1. The van der Waals surface area contributed by atoms with Gasteiger partial charge >= 0.3 is 0 Å². The fourth-order valence-electron chi connectivity index (χ4n) is 5.47. The Labute approximate surface area is 264 Å². The maximum atomic E-state index is 14.1. The van der Waals surface area contributed by atoms with E-state index >= 15 is 0 Å². The lowest BCUT2D eigenvalue weighted by Crippen LogP contribution is -2.50. The summed E-state index contributed by atoms with van der Waals surface area (Å²) in [5, 5.41) is 4.48. The Bertz CT molecular complexity index is 1990. The van der Waals surface area contributed by atoms with Crippen LogP contribution >= 0.6 is 34.7 Å². The second-order valence-corrected chi connectivity index (χ2v) is 12.6. The Balaban J connectivity index is 1.19. The number of halogens is 1. The van der Waals surface area contributed by atoms with Crippen LogP contribution in [0, 0.1) is 6.92 Å². The summed E-state index contributed by atoms with van der Waals surface area (Å²) in [5.74, 6) is -0.740. The molecule has 1 fully saturated rings. The molecule has 10 nitrogen and oxygen atoms in total. The van der Waals surface area contributed by atoms with Crippen LogP contribution in [0.5, 0.6) is 0 Å². The number of rotatable bonds is 6. The number of amides is 2. The van der Waals surface area contributed by atoms with Gasteiger partial charge in [0.05, 0.1) is 47.6 Å². The third-order valence-electron chi connectivity index (χ3n) is 7.63. The molecule has 0 bridgehead atoms. The van der Waals surface area contributed by atoms with Gasteiger partial charge in [0.1, 0.15) is 5.65 Å². The molecule has 0 aliphatic carbocycles. The average molecular weight is 646 g/mol. The fraction of sp³-hybridized carbons (Fsp3) is 0.226. The summed E-state index contributed by atoms with van der Waals surface area (Å²) < 4.78 is 13.5. The highest BCUT2D eigenvalue weighted by atomic mass is 35.5. The number of fused-ring (bicyclic) bond motifs is 2. The van der Waals surface area contributed by atoms with Crippen molar-refractivity contribution in [2.45, 2.75) is 31.0 Å². The molecule has 0 saturated carbocycles. The molecule has 0 atom stereocenters. The molecule has 0 spiro atoms. The summed E-state index contributed by atoms with van der Waals surface area (Å²) in [6.45, 7) is 2.10. The van der Waals surface area contributed by atoms with E-state index in [1.54, 1.807) is 53.9 Å². The largest absolute Gasteiger partial charge is 0.348 e. The van der Waals surface area contributed by atoms with Gasteiger partial charge in [0, 0.05) is 38.7 Å². The monoisotopic (exact) mass is 645 g/mol. The molecule has 2 aliphatic heterocycles. The predicted octanol–water partition coefficient (Wildman–Crippen LogP) is 5.30. The van der Waals surface area contributed by atoms with E-state index in [9.17, 15) is 14.4 Å². The van der Waals surface area contributed by atoms with Crippen LogP contribution in [0.3, 0.4) is 0 Å². The standard InChI is InChI=1S/C31H24ClN5O5S2/c1-16-34-25(15-44-16)17-7-8-20(24(32)10-17)23-9-18-11-33-31(43-2)35-27(18)36(28(23)38)12-26-41-13-19(14-42-26)37-29(39)21-5-3-4-6-22(21)30(37)40/h3-11,15,19,26H,12-14H2,1-2H3/t19-,26+. The summed E-state index contributed by atoms with van der Waals surface area (Å²) in [6, 6.07) is 13.4. The maximum absolute atomic E-state index is 14.1. The SMILES string of the molecule is CSc1ncc2cc(-c3ccc(-c4csc(C)n4)cc3Cl)c(=O)n(C[C@H]3OC[C@@H](N4C(=O)c5ccccc5C4=O)CO3)c2n1. The number of carbonyl (C=O) groups excluding carboxylic acids is 2. The van der Waals surface area contributed by atoms with Gasteiger partial charge in [-0.05, 0) is 37.4 Å². The first kappa shape index (κ1) is 28.8. The van der Waals surface area contributed by atoms with Crippen molar-refractivity contribution in [3.05, 3.63) is 91.6 Å². The van der Waals surface area contributed by atoms with Crippen LogP contribution in [-0.2, 0) is 16.0 Å². The van der Waals surface area contributed by atoms with Gasteiger partial charge < -0.3 is 9.47 Å². The molecule has 3 aromatic heterocycles. The molecule has 2 amide bonds. The maximum Gasteiger partial charge on any atom is 0.261 e. The second kappa shape index (κ2) is 11.5. The molecule has 0 unspecified atom stereocenters. The van der Waals surface area contributed by atoms with Gasteiger partial charge in [-0.15, -0.1) is 11.3 Å². The number of thioether (sulfide) groups is 1. The predicted molar refractivity (Wildman–Crippen MR) is 168 cm³/mol. The summed E-state index contributed by atoms with van der Waals surface area (Å²) in [6.07, 6.45) is 2.71. The van der Waals surface area contributed by atoms with Crippen molar-refractivity contribution in [3.63, 3.8) is 0 Å². The van der Waals surface area contributed by atoms with Crippen LogP contribution in [0.25, 0.3) is 33.4 Å². The highest BCUT2D eigenvalue weighted by molar-refractivity contribution is 7.98. The smallest absolute Gasteiger partial charge is 0.261 e. The van der Waals surface area contributed by atoms with E-state index in [2.05, 4.69) is 15.0 Å². The summed E-state index contributed by atoms with van der Waals surface area (Å²) >= 11 is 9.67. The van der Waals surface area contributed by atoms with E-state index in [0.717, 1.165) is 16.3 Å². The molecular formula is C31H24ClN5O5S2. The number of thiazole rings is 1. The van der Waals surface area contributed by atoms with E-state index in [1.165, 1.54) is 21.2 Å². The highest BCUT2D eigenvalue weighted by Gasteiger charge is 2.42. The number of aryl methyl sites for hydroxylation is 1. The molecule has 5 heterocycles. The molecule has 44 heavy (non-hydrogen) atoms. The Morgan fingerprint density at radius 1 is 0.977 bits per heavy atom. The summed E-state index contributed by atoms with van der Waals surface area (Å²) in [7, 11) is 0. The zero-order valence-corrected chi connectivity index (χ0v) is 25.9.